The van der Waals surface area contributed by atoms with Crippen molar-refractivity contribution < 1.29 is 19.1 Å². The third kappa shape index (κ3) is 4.49. The highest BCUT2D eigenvalue weighted by Crippen LogP contribution is 2.27. The number of aromatic nitrogens is 1. The molecule has 2 fully saturated rings. The maximum Gasteiger partial charge on any atom is 0.197 e. The number of ketones is 2. The van der Waals surface area contributed by atoms with Crippen molar-refractivity contribution in [3.63, 3.8) is 0 Å². The summed E-state index contributed by atoms with van der Waals surface area (Å²) in [4.78, 5) is 45.3. The van der Waals surface area contributed by atoms with Gasteiger partial charge in [-0.3, -0.25) is 24.2 Å². The van der Waals surface area contributed by atoms with E-state index in [4.69, 9.17) is 9.47 Å². The molecule has 5 rings (SSSR count). The molecule has 8 heteroatoms. The van der Waals surface area contributed by atoms with E-state index < -0.39 is 11.1 Å². The molecular formula is C30H37N3O5. The molecule has 2 aliphatic rings. The number of Topliss-reactive ketones (excluding diaryl/α,β-unsaturated/α-hetero) is 2. The number of hydrogen-bond acceptors (Lipinski definition) is 7. The number of carbonyl (C=O) groups is 2. The molecule has 0 aliphatic carbocycles. The van der Waals surface area contributed by atoms with Crippen molar-refractivity contribution in [3.8, 4) is 0 Å². The Hall–Kier alpha value is -2.91. The summed E-state index contributed by atoms with van der Waals surface area (Å²) < 4.78 is 12.9. The van der Waals surface area contributed by atoms with Gasteiger partial charge in [-0.1, -0.05) is 0 Å². The fourth-order valence-electron chi connectivity index (χ4n) is 5.82. The normalized spacial score (nSPS) is 18.2. The minimum atomic E-state index is -0.718. The van der Waals surface area contributed by atoms with Gasteiger partial charge < -0.3 is 14.0 Å². The lowest BCUT2D eigenvalue weighted by Gasteiger charge is -2.39. The van der Waals surface area contributed by atoms with Crippen LogP contribution in [0.1, 0.15) is 48.4 Å². The summed E-state index contributed by atoms with van der Waals surface area (Å²) in [6.07, 6.45) is 0. The second-order valence-corrected chi connectivity index (χ2v) is 11.3. The molecule has 38 heavy (non-hydrogen) atoms. The maximum atomic E-state index is 13.8. The van der Waals surface area contributed by atoms with Crippen molar-refractivity contribution in [2.75, 3.05) is 52.6 Å². The Morgan fingerprint density at radius 3 is 1.42 bits per heavy atom. The molecule has 0 bridgehead atoms. The number of rotatable bonds is 6. The van der Waals surface area contributed by atoms with E-state index in [1.807, 2.05) is 51.4 Å². The van der Waals surface area contributed by atoms with Crippen LogP contribution in [-0.2, 0) is 16.5 Å². The molecule has 2 saturated heterocycles. The molecule has 8 nitrogen and oxygen atoms in total. The van der Waals surface area contributed by atoms with Crippen LogP contribution in [0.2, 0.25) is 0 Å². The van der Waals surface area contributed by atoms with Gasteiger partial charge in [-0.15, -0.1) is 0 Å². The SMILES string of the molecule is Cn1c2ccc(C(=O)C(C)(C)N3CCOCC3)cc2c(=O)c2cc(C(=O)C(C)(C)N3CCOCC3)ccc21. The van der Waals surface area contributed by atoms with Gasteiger partial charge in [0.25, 0.3) is 0 Å². The highest BCUT2D eigenvalue weighted by Gasteiger charge is 2.37. The predicted octanol–water partition coefficient (Wildman–Crippen LogP) is 3.28. The third-order valence-electron chi connectivity index (χ3n) is 8.44. The number of pyridine rings is 1. The molecule has 3 heterocycles. The van der Waals surface area contributed by atoms with Crippen molar-refractivity contribution in [1.29, 1.82) is 0 Å². The predicted molar refractivity (Wildman–Crippen MR) is 148 cm³/mol. The van der Waals surface area contributed by atoms with Gasteiger partial charge >= 0.3 is 0 Å². The van der Waals surface area contributed by atoms with Gasteiger partial charge in [0.05, 0.1) is 48.5 Å². The van der Waals surface area contributed by atoms with Crippen molar-refractivity contribution in [1.82, 2.24) is 14.4 Å². The number of hydrogen-bond donors (Lipinski definition) is 0. The van der Waals surface area contributed by atoms with Crippen LogP contribution in [0.3, 0.4) is 0 Å². The molecule has 2 aromatic carbocycles. The lowest BCUT2D eigenvalue weighted by atomic mass is 9.89. The first-order valence-corrected chi connectivity index (χ1v) is 13.3. The van der Waals surface area contributed by atoms with Gasteiger partial charge in [0.15, 0.2) is 17.0 Å². The number of nitrogens with zero attached hydrogens (tertiary/aromatic N) is 3. The third-order valence-corrected chi connectivity index (χ3v) is 8.44. The minimum absolute atomic E-state index is 0.0281. The second kappa shape index (κ2) is 10.0. The van der Waals surface area contributed by atoms with E-state index in [1.54, 1.807) is 24.3 Å². The standard InChI is InChI=1S/C30H37N3O5/c1-29(2,32-10-14-37-15-11-32)27(35)20-6-8-24-22(18-20)26(34)23-19-21(7-9-25(23)31(24)5)28(36)30(3,4)33-12-16-38-17-13-33/h6-9,18-19H,10-17H2,1-5H3. The summed E-state index contributed by atoms with van der Waals surface area (Å²) in [5.74, 6) is -0.0562. The van der Waals surface area contributed by atoms with Gasteiger partial charge in [0.1, 0.15) is 0 Å². The zero-order valence-electron chi connectivity index (χ0n) is 23.0. The molecule has 0 atom stereocenters. The van der Waals surface area contributed by atoms with Crippen LogP contribution < -0.4 is 5.43 Å². The zero-order valence-corrected chi connectivity index (χ0v) is 23.0. The van der Waals surface area contributed by atoms with Gasteiger partial charge in [-0.25, -0.2) is 0 Å². The van der Waals surface area contributed by atoms with Crippen LogP contribution in [0, 0.1) is 0 Å². The number of carbonyl (C=O) groups excluding carboxylic acids is 2. The van der Waals surface area contributed by atoms with Crippen molar-refractivity contribution in [3.05, 3.63) is 57.7 Å². The first-order chi connectivity index (χ1) is 18.0. The van der Waals surface area contributed by atoms with Gasteiger partial charge in [0.2, 0.25) is 0 Å². The van der Waals surface area contributed by atoms with Crippen LogP contribution in [0.15, 0.2) is 41.2 Å². The van der Waals surface area contributed by atoms with Crippen LogP contribution in [0.4, 0.5) is 0 Å². The van der Waals surface area contributed by atoms with Crippen LogP contribution >= 0.6 is 0 Å². The van der Waals surface area contributed by atoms with Gasteiger partial charge in [-0.05, 0) is 64.1 Å². The van der Waals surface area contributed by atoms with Crippen LogP contribution in [0.5, 0.6) is 0 Å². The molecule has 2 aliphatic heterocycles. The van der Waals surface area contributed by atoms with Gasteiger partial charge in [0, 0.05) is 55.1 Å². The summed E-state index contributed by atoms with van der Waals surface area (Å²) in [5.41, 5.74) is 0.893. The zero-order chi connectivity index (χ0) is 27.2. The molecule has 0 spiro atoms. The molecule has 0 amide bonds. The molecular weight excluding hydrogens is 482 g/mol. The average Bonchev–Trinajstić information content (AvgIpc) is 2.95. The first-order valence-electron chi connectivity index (χ1n) is 13.3. The summed E-state index contributed by atoms with van der Waals surface area (Å²) in [6, 6.07) is 10.7. The summed E-state index contributed by atoms with van der Waals surface area (Å²) >= 11 is 0. The Kier molecular flexibility index (Phi) is 7.02. The average molecular weight is 520 g/mol. The van der Waals surface area contributed by atoms with Crippen molar-refractivity contribution in [2.24, 2.45) is 7.05 Å². The number of benzene rings is 2. The van der Waals surface area contributed by atoms with Crippen molar-refractivity contribution in [2.45, 2.75) is 38.8 Å². The lowest BCUT2D eigenvalue weighted by Crippen LogP contribution is -2.54. The van der Waals surface area contributed by atoms with E-state index in [0.29, 0.717) is 74.5 Å². The van der Waals surface area contributed by atoms with E-state index in [9.17, 15) is 14.4 Å². The van der Waals surface area contributed by atoms with Crippen molar-refractivity contribution >= 4 is 33.4 Å². The monoisotopic (exact) mass is 519 g/mol. The lowest BCUT2D eigenvalue weighted by molar-refractivity contribution is -0.00442. The van der Waals surface area contributed by atoms with E-state index in [2.05, 4.69) is 9.80 Å². The van der Waals surface area contributed by atoms with E-state index in [0.717, 1.165) is 11.0 Å². The Labute approximate surface area is 223 Å². The first kappa shape index (κ1) is 26.7. The summed E-state index contributed by atoms with van der Waals surface area (Å²) in [6.45, 7) is 12.9. The Bertz CT molecular complexity index is 1350. The topological polar surface area (TPSA) is 81.1 Å². The van der Waals surface area contributed by atoms with Crippen LogP contribution in [0.25, 0.3) is 21.8 Å². The second-order valence-electron chi connectivity index (χ2n) is 11.3. The van der Waals surface area contributed by atoms with Crippen LogP contribution in [-0.4, -0.2) is 89.6 Å². The molecule has 1 aromatic heterocycles. The number of ether oxygens (including phenoxy) is 2. The summed E-state index contributed by atoms with van der Waals surface area (Å²) in [7, 11) is 1.91. The molecule has 0 N–H and O–H groups in total. The van der Waals surface area contributed by atoms with E-state index in [1.165, 1.54) is 0 Å². The quantitative estimate of drug-likeness (QED) is 0.365. The summed E-state index contributed by atoms with van der Waals surface area (Å²) in [5, 5.41) is 0.946. The molecule has 0 saturated carbocycles. The minimum Gasteiger partial charge on any atom is -0.379 e. The maximum absolute atomic E-state index is 13.8. The molecule has 3 aromatic rings. The largest absolute Gasteiger partial charge is 0.379 e. The van der Waals surface area contributed by atoms with E-state index in [-0.39, 0.29) is 17.0 Å². The highest BCUT2D eigenvalue weighted by molar-refractivity contribution is 6.08. The molecule has 0 radical (unpaired) electrons. The number of aryl methyl sites for hydroxylation is 1. The fraction of sp³-hybridized carbons (Fsp3) is 0.500. The Morgan fingerprint density at radius 1 is 0.684 bits per heavy atom. The molecule has 202 valence electrons. The Balaban J connectivity index is 1.56. The van der Waals surface area contributed by atoms with E-state index >= 15 is 0 Å². The number of morpholine rings is 2. The molecule has 0 unspecified atom stereocenters. The van der Waals surface area contributed by atoms with Gasteiger partial charge in [-0.2, -0.15) is 0 Å². The number of fused-ring (bicyclic) bond motifs is 2. The highest BCUT2D eigenvalue weighted by atomic mass is 16.5. The smallest absolute Gasteiger partial charge is 0.197 e. The fourth-order valence-corrected chi connectivity index (χ4v) is 5.82. The Morgan fingerprint density at radius 2 is 1.05 bits per heavy atom.